The molecule has 6 heteroatoms. The molecule has 0 bridgehead atoms. The summed E-state index contributed by atoms with van der Waals surface area (Å²) in [7, 11) is 0. The Morgan fingerprint density at radius 2 is 2.09 bits per heavy atom. The topological polar surface area (TPSA) is 69.6 Å². The summed E-state index contributed by atoms with van der Waals surface area (Å²) in [5, 5.41) is 6.18. The van der Waals surface area contributed by atoms with Gasteiger partial charge >= 0.3 is 0 Å². The third kappa shape index (κ3) is 2.33. The highest BCUT2D eigenvalue weighted by atomic mass is 35.5. The van der Waals surface area contributed by atoms with Gasteiger partial charge in [0.2, 0.25) is 0 Å². The van der Waals surface area contributed by atoms with E-state index in [1.807, 2.05) is 41.1 Å². The number of hydrogen-bond acceptors (Lipinski definition) is 4. The summed E-state index contributed by atoms with van der Waals surface area (Å²) in [4.78, 5) is 8.44. The van der Waals surface area contributed by atoms with E-state index in [-0.39, 0.29) is 0 Å². The van der Waals surface area contributed by atoms with Gasteiger partial charge in [0.05, 0.1) is 17.1 Å². The van der Waals surface area contributed by atoms with Gasteiger partial charge in [-0.2, -0.15) is 5.10 Å². The first kappa shape index (κ1) is 13.3. The molecule has 2 aromatic heterocycles. The van der Waals surface area contributed by atoms with E-state index in [2.05, 4.69) is 15.1 Å². The highest BCUT2D eigenvalue weighted by Crippen LogP contribution is 2.37. The summed E-state index contributed by atoms with van der Waals surface area (Å²) in [6.07, 6.45) is 7.67. The highest BCUT2D eigenvalue weighted by Gasteiger charge is 2.28. The lowest BCUT2D eigenvalue weighted by molar-refractivity contribution is 0.656. The van der Waals surface area contributed by atoms with Crippen molar-refractivity contribution in [1.29, 1.82) is 0 Å². The van der Waals surface area contributed by atoms with Gasteiger partial charge in [0, 0.05) is 5.02 Å². The van der Waals surface area contributed by atoms with Gasteiger partial charge in [-0.15, -0.1) is 0 Å². The molecule has 0 saturated heterocycles. The van der Waals surface area contributed by atoms with Gasteiger partial charge in [-0.1, -0.05) is 29.8 Å². The Morgan fingerprint density at radius 1 is 1.23 bits per heavy atom. The third-order valence-electron chi connectivity index (χ3n) is 3.72. The zero-order valence-electron chi connectivity index (χ0n) is 11.8. The fourth-order valence-electron chi connectivity index (χ4n) is 2.50. The number of aromatic nitrogens is 4. The molecule has 2 N–H and O–H groups in total. The molecule has 110 valence electrons. The molecule has 1 aliphatic carbocycles. The van der Waals surface area contributed by atoms with E-state index in [0.717, 1.165) is 35.1 Å². The molecule has 0 unspecified atom stereocenters. The molecule has 2 heterocycles. The Morgan fingerprint density at radius 3 is 2.86 bits per heavy atom. The summed E-state index contributed by atoms with van der Waals surface area (Å²) >= 11 is 6.01. The Kier molecular flexibility index (Phi) is 3.08. The average molecular weight is 312 g/mol. The second-order valence-corrected chi connectivity index (χ2v) is 5.84. The van der Waals surface area contributed by atoms with Crippen LogP contribution in [0.3, 0.4) is 0 Å². The monoisotopic (exact) mass is 311 g/mol. The van der Waals surface area contributed by atoms with E-state index >= 15 is 0 Å². The smallest absolute Gasteiger partial charge is 0.164 e. The number of halogens is 1. The number of nitrogen functional groups attached to an aromatic ring is 1. The van der Waals surface area contributed by atoms with Crippen LogP contribution in [0.4, 0.5) is 5.82 Å². The van der Waals surface area contributed by atoms with Gasteiger partial charge in [0.15, 0.2) is 5.65 Å². The lowest BCUT2D eigenvalue weighted by Crippen LogP contribution is -1.98. The van der Waals surface area contributed by atoms with Crippen LogP contribution in [0, 0.1) is 0 Å². The lowest BCUT2D eigenvalue weighted by Gasteiger charge is -1.98. The Bertz CT molecular complexity index is 879. The molecule has 4 rings (SSSR count). The van der Waals surface area contributed by atoms with Crippen molar-refractivity contribution in [1.82, 2.24) is 19.7 Å². The summed E-state index contributed by atoms with van der Waals surface area (Å²) in [6.45, 7) is 0. The zero-order valence-corrected chi connectivity index (χ0v) is 12.5. The third-order valence-corrected chi connectivity index (χ3v) is 3.96. The second-order valence-electron chi connectivity index (χ2n) is 5.41. The Labute approximate surface area is 132 Å². The minimum atomic E-state index is 0.435. The van der Waals surface area contributed by atoms with E-state index < -0.39 is 0 Å². The Balaban J connectivity index is 1.81. The van der Waals surface area contributed by atoms with Crippen LogP contribution in [-0.2, 0) is 0 Å². The van der Waals surface area contributed by atoms with E-state index in [1.54, 1.807) is 0 Å². The molecule has 0 aliphatic heterocycles. The second kappa shape index (κ2) is 5.10. The molecule has 0 spiro atoms. The van der Waals surface area contributed by atoms with Crippen LogP contribution in [0.1, 0.15) is 30.1 Å². The van der Waals surface area contributed by atoms with Gasteiger partial charge in [-0.3, -0.25) is 0 Å². The number of rotatable bonds is 3. The van der Waals surface area contributed by atoms with Crippen LogP contribution >= 0.6 is 11.6 Å². The summed E-state index contributed by atoms with van der Waals surface area (Å²) < 4.78 is 1.96. The molecule has 3 aromatic rings. The molecule has 1 aromatic carbocycles. The molecule has 1 fully saturated rings. The first-order valence-corrected chi connectivity index (χ1v) is 7.52. The van der Waals surface area contributed by atoms with E-state index in [9.17, 15) is 0 Å². The van der Waals surface area contributed by atoms with Gasteiger partial charge in [0.25, 0.3) is 0 Å². The van der Waals surface area contributed by atoms with Crippen LogP contribution in [0.25, 0.3) is 23.2 Å². The van der Waals surface area contributed by atoms with Crippen molar-refractivity contribution in [2.45, 2.75) is 18.9 Å². The van der Waals surface area contributed by atoms with Gasteiger partial charge < -0.3 is 5.73 Å². The molecule has 0 atom stereocenters. The predicted octanol–water partition coefficient (Wildman–Crippen LogP) is 3.57. The molecule has 5 nitrogen and oxygen atoms in total. The number of benzene rings is 1. The van der Waals surface area contributed by atoms with Crippen molar-refractivity contribution in [2.75, 3.05) is 5.73 Å². The minimum absolute atomic E-state index is 0.435. The minimum Gasteiger partial charge on any atom is -0.383 e. The number of hydrogen-bond donors (Lipinski definition) is 1. The fraction of sp³-hybridized carbons (Fsp3) is 0.188. The summed E-state index contributed by atoms with van der Waals surface area (Å²) in [5.41, 5.74) is 8.63. The van der Waals surface area contributed by atoms with Gasteiger partial charge in [0.1, 0.15) is 12.1 Å². The quantitative estimate of drug-likeness (QED) is 0.803. The van der Waals surface area contributed by atoms with Crippen LogP contribution in [0.15, 0.2) is 30.6 Å². The molecular weight excluding hydrogens is 298 g/mol. The van der Waals surface area contributed by atoms with Crippen molar-refractivity contribution >= 4 is 40.6 Å². The summed E-state index contributed by atoms with van der Waals surface area (Å²) in [5.74, 6) is 0.461. The van der Waals surface area contributed by atoms with E-state index in [4.69, 9.17) is 17.3 Å². The largest absolute Gasteiger partial charge is 0.383 e. The number of fused-ring (bicyclic) bond motifs is 1. The lowest BCUT2D eigenvalue weighted by atomic mass is 10.2. The van der Waals surface area contributed by atoms with Gasteiger partial charge in [-0.05, 0) is 36.6 Å². The van der Waals surface area contributed by atoms with Crippen molar-refractivity contribution in [3.8, 4) is 0 Å². The molecule has 1 saturated carbocycles. The van der Waals surface area contributed by atoms with Crippen LogP contribution in [-0.4, -0.2) is 19.7 Å². The van der Waals surface area contributed by atoms with Crippen molar-refractivity contribution < 1.29 is 0 Å². The van der Waals surface area contributed by atoms with Gasteiger partial charge in [-0.25, -0.2) is 14.6 Å². The molecule has 22 heavy (non-hydrogen) atoms. The maximum Gasteiger partial charge on any atom is 0.164 e. The first-order valence-electron chi connectivity index (χ1n) is 7.15. The SMILES string of the molecule is Nc1ncnc2c1c(/C=C/c1cccc(Cl)c1)nn2C1CC1. The van der Waals surface area contributed by atoms with E-state index in [0.29, 0.717) is 16.9 Å². The summed E-state index contributed by atoms with van der Waals surface area (Å²) in [6, 6.07) is 8.09. The number of nitrogens with zero attached hydrogens (tertiary/aromatic N) is 4. The average Bonchev–Trinajstić information content (AvgIpc) is 3.27. The fourth-order valence-corrected chi connectivity index (χ4v) is 2.70. The van der Waals surface area contributed by atoms with Crippen molar-refractivity contribution in [3.05, 3.63) is 46.9 Å². The molecular formula is C16H14ClN5. The maximum atomic E-state index is 6.02. The molecule has 1 aliphatic rings. The van der Waals surface area contributed by atoms with Crippen molar-refractivity contribution in [2.24, 2.45) is 0 Å². The molecule has 0 radical (unpaired) electrons. The molecule has 0 amide bonds. The van der Waals surface area contributed by atoms with Crippen LogP contribution in [0.2, 0.25) is 5.02 Å². The Hall–Kier alpha value is -2.40. The van der Waals surface area contributed by atoms with Crippen LogP contribution < -0.4 is 5.73 Å². The standard InChI is InChI=1S/C16H14ClN5/c17-11-3-1-2-10(8-11)4-7-13-14-15(18)19-9-20-16(14)22(21-13)12-5-6-12/h1-4,7-9,12H,5-6H2,(H2,18,19,20)/b7-4+. The zero-order chi connectivity index (χ0) is 15.1. The maximum absolute atomic E-state index is 6.02. The number of anilines is 1. The highest BCUT2D eigenvalue weighted by molar-refractivity contribution is 6.30. The normalized spacial score (nSPS) is 15.0. The number of nitrogens with two attached hydrogens (primary N) is 1. The van der Waals surface area contributed by atoms with E-state index in [1.165, 1.54) is 6.33 Å². The first-order chi connectivity index (χ1) is 10.7. The van der Waals surface area contributed by atoms with Crippen LogP contribution in [0.5, 0.6) is 0 Å². The predicted molar refractivity (Wildman–Crippen MR) is 88.4 cm³/mol. The van der Waals surface area contributed by atoms with Crippen molar-refractivity contribution in [3.63, 3.8) is 0 Å².